The quantitative estimate of drug-likeness (QED) is 0.856. The molecule has 0 atom stereocenters. The topological polar surface area (TPSA) is 40.5 Å². The Labute approximate surface area is 110 Å². The molecule has 19 heavy (non-hydrogen) atoms. The summed E-state index contributed by atoms with van der Waals surface area (Å²) >= 11 is 0. The molecule has 0 heterocycles. The highest BCUT2D eigenvalue weighted by Gasteiger charge is 2.31. The maximum Gasteiger partial charge on any atom is 0.223 e. The van der Waals surface area contributed by atoms with Gasteiger partial charge in [0.05, 0.1) is 6.61 Å². The van der Waals surface area contributed by atoms with Crippen molar-refractivity contribution in [1.29, 1.82) is 0 Å². The molecule has 1 fully saturated rings. The zero-order valence-corrected chi connectivity index (χ0v) is 10.6. The molecule has 0 bridgehead atoms. The van der Waals surface area contributed by atoms with E-state index in [2.05, 4.69) is 0 Å². The number of amides is 1. The van der Waals surface area contributed by atoms with Gasteiger partial charge in [-0.25, -0.2) is 8.78 Å². The van der Waals surface area contributed by atoms with Gasteiger partial charge in [0.25, 0.3) is 0 Å². The van der Waals surface area contributed by atoms with Crippen molar-refractivity contribution in [2.24, 2.45) is 0 Å². The molecular formula is C14H17F2NO2. The van der Waals surface area contributed by atoms with Crippen LogP contribution in [0.3, 0.4) is 0 Å². The smallest absolute Gasteiger partial charge is 0.223 e. The summed E-state index contributed by atoms with van der Waals surface area (Å²) in [6.45, 7) is 0.242. The minimum Gasteiger partial charge on any atom is -0.395 e. The summed E-state index contributed by atoms with van der Waals surface area (Å²) < 4.78 is 26.5. The third-order valence-corrected chi connectivity index (χ3v) is 3.29. The first-order valence-corrected chi connectivity index (χ1v) is 6.46. The molecule has 0 radical (unpaired) electrons. The van der Waals surface area contributed by atoms with Gasteiger partial charge in [-0.15, -0.1) is 0 Å². The maximum atomic E-state index is 13.4. The lowest BCUT2D eigenvalue weighted by atomic mass is 10.1. The number of aliphatic hydroxyl groups excluding tert-OH is 1. The summed E-state index contributed by atoms with van der Waals surface area (Å²) in [7, 11) is 0. The molecule has 0 unspecified atom stereocenters. The number of hydrogen-bond donors (Lipinski definition) is 1. The number of nitrogens with zero attached hydrogens (tertiary/aromatic N) is 1. The van der Waals surface area contributed by atoms with Crippen LogP contribution < -0.4 is 0 Å². The molecule has 0 spiro atoms. The van der Waals surface area contributed by atoms with Crippen LogP contribution >= 0.6 is 0 Å². The average molecular weight is 269 g/mol. The Morgan fingerprint density at radius 2 is 2.11 bits per heavy atom. The summed E-state index contributed by atoms with van der Waals surface area (Å²) in [5.41, 5.74) is 0.216. The third kappa shape index (κ3) is 3.50. The van der Waals surface area contributed by atoms with E-state index in [-0.39, 0.29) is 37.0 Å². The number of halogens is 2. The number of carbonyl (C=O) groups is 1. The van der Waals surface area contributed by atoms with Crippen LogP contribution in [0.5, 0.6) is 0 Å². The Kier molecular flexibility index (Phi) is 4.47. The zero-order chi connectivity index (χ0) is 13.8. The van der Waals surface area contributed by atoms with Gasteiger partial charge in [0, 0.05) is 19.0 Å². The molecule has 3 nitrogen and oxygen atoms in total. The number of hydrogen-bond acceptors (Lipinski definition) is 2. The molecule has 1 aliphatic rings. The number of aryl methyl sites for hydroxylation is 1. The molecule has 1 N–H and O–H groups in total. The van der Waals surface area contributed by atoms with E-state index in [0.29, 0.717) is 6.54 Å². The standard InChI is InChI=1S/C14H17F2NO2/c15-12-3-1-2-10(14(12)16)4-7-13(19)17(8-9-18)11-5-6-11/h1-3,11,18H,4-9H2. The fourth-order valence-electron chi connectivity index (χ4n) is 2.13. The van der Waals surface area contributed by atoms with Crippen LogP contribution in [0.15, 0.2) is 18.2 Å². The molecule has 2 rings (SSSR count). The molecule has 1 aromatic carbocycles. The van der Waals surface area contributed by atoms with Gasteiger partial charge in [-0.1, -0.05) is 12.1 Å². The van der Waals surface area contributed by atoms with E-state index in [4.69, 9.17) is 5.11 Å². The summed E-state index contributed by atoms with van der Waals surface area (Å²) in [6.07, 6.45) is 2.23. The van der Waals surface area contributed by atoms with Crippen LogP contribution in [0.4, 0.5) is 8.78 Å². The number of carbonyl (C=O) groups excluding carboxylic acids is 1. The van der Waals surface area contributed by atoms with Crippen molar-refractivity contribution in [3.05, 3.63) is 35.4 Å². The van der Waals surface area contributed by atoms with Crippen LogP contribution in [0.2, 0.25) is 0 Å². The SMILES string of the molecule is O=C(CCc1cccc(F)c1F)N(CCO)C1CC1. The lowest BCUT2D eigenvalue weighted by Gasteiger charge is -2.21. The predicted molar refractivity (Wildman–Crippen MR) is 66.5 cm³/mol. The van der Waals surface area contributed by atoms with Gasteiger partial charge in [-0.3, -0.25) is 4.79 Å². The van der Waals surface area contributed by atoms with E-state index in [9.17, 15) is 13.6 Å². The second kappa shape index (κ2) is 6.10. The lowest BCUT2D eigenvalue weighted by molar-refractivity contribution is -0.132. The van der Waals surface area contributed by atoms with Crippen LogP contribution in [-0.4, -0.2) is 35.1 Å². The fraction of sp³-hybridized carbons (Fsp3) is 0.500. The first-order valence-electron chi connectivity index (χ1n) is 6.46. The summed E-state index contributed by atoms with van der Waals surface area (Å²) in [5, 5.41) is 8.92. The van der Waals surface area contributed by atoms with E-state index >= 15 is 0 Å². The molecule has 0 aromatic heterocycles. The molecule has 5 heteroatoms. The van der Waals surface area contributed by atoms with Crippen molar-refractivity contribution in [2.75, 3.05) is 13.2 Å². The van der Waals surface area contributed by atoms with Gasteiger partial charge in [0.1, 0.15) is 0 Å². The summed E-state index contributed by atoms with van der Waals surface area (Å²) in [5.74, 6) is -1.88. The van der Waals surface area contributed by atoms with Crippen LogP contribution in [0.25, 0.3) is 0 Å². The van der Waals surface area contributed by atoms with E-state index < -0.39 is 11.6 Å². The van der Waals surface area contributed by atoms with Crippen LogP contribution in [0.1, 0.15) is 24.8 Å². The Morgan fingerprint density at radius 1 is 1.37 bits per heavy atom. The summed E-state index contributed by atoms with van der Waals surface area (Å²) in [4.78, 5) is 13.6. The van der Waals surface area contributed by atoms with Crippen molar-refractivity contribution in [3.63, 3.8) is 0 Å². The van der Waals surface area contributed by atoms with Crippen molar-refractivity contribution < 1.29 is 18.7 Å². The Morgan fingerprint density at radius 3 is 2.74 bits per heavy atom. The first-order chi connectivity index (χ1) is 9.13. The fourth-order valence-corrected chi connectivity index (χ4v) is 2.13. The van der Waals surface area contributed by atoms with Gasteiger partial charge in [-0.05, 0) is 30.9 Å². The van der Waals surface area contributed by atoms with E-state index in [1.807, 2.05) is 0 Å². The average Bonchev–Trinajstić information content (AvgIpc) is 3.21. The van der Waals surface area contributed by atoms with Crippen molar-refractivity contribution >= 4 is 5.91 Å². The van der Waals surface area contributed by atoms with E-state index in [0.717, 1.165) is 18.9 Å². The molecule has 1 saturated carbocycles. The highest BCUT2D eigenvalue weighted by Crippen LogP contribution is 2.27. The number of aliphatic hydroxyl groups is 1. The van der Waals surface area contributed by atoms with Crippen LogP contribution in [0, 0.1) is 11.6 Å². The van der Waals surface area contributed by atoms with Crippen LogP contribution in [-0.2, 0) is 11.2 Å². The predicted octanol–water partition coefficient (Wildman–Crippen LogP) is 1.88. The molecule has 0 aliphatic heterocycles. The molecular weight excluding hydrogens is 252 g/mol. The van der Waals surface area contributed by atoms with E-state index in [1.54, 1.807) is 4.90 Å². The number of benzene rings is 1. The monoisotopic (exact) mass is 269 g/mol. The first kappa shape index (κ1) is 13.9. The Bertz CT molecular complexity index is 461. The Hall–Kier alpha value is -1.49. The maximum absolute atomic E-state index is 13.4. The van der Waals surface area contributed by atoms with Crippen molar-refractivity contribution in [1.82, 2.24) is 4.90 Å². The Balaban J connectivity index is 1.93. The summed E-state index contributed by atoms with van der Waals surface area (Å²) in [6, 6.07) is 4.20. The largest absolute Gasteiger partial charge is 0.395 e. The second-order valence-electron chi connectivity index (χ2n) is 4.75. The molecule has 1 amide bonds. The van der Waals surface area contributed by atoms with Crippen molar-refractivity contribution in [2.45, 2.75) is 31.7 Å². The van der Waals surface area contributed by atoms with Gasteiger partial charge in [-0.2, -0.15) is 0 Å². The minimum atomic E-state index is -0.889. The van der Waals surface area contributed by atoms with Gasteiger partial charge < -0.3 is 10.0 Å². The zero-order valence-electron chi connectivity index (χ0n) is 10.6. The minimum absolute atomic E-state index is 0.0729. The lowest BCUT2D eigenvalue weighted by Crippen LogP contribution is -2.35. The van der Waals surface area contributed by atoms with Gasteiger partial charge >= 0.3 is 0 Å². The van der Waals surface area contributed by atoms with Gasteiger partial charge in [0.2, 0.25) is 5.91 Å². The highest BCUT2D eigenvalue weighted by molar-refractivity contribution is 5.77. The number of rotatable bonds is 6. The molecule has 0 saturated heterocycles. The van der Waals surface area contributed by atoms with Gasteiger partial charge in [0.15, 0.2) is 11.6 Å². The second-order valence-corrected chi connectivity index (χ2v) is 4.75. The third-order valence-electron chi connectivity index (χ3n) is 3.29. The molecule has 1 aromatic rings. The molecule has 1 aliphatic carbocycles. The molecule has 104 valence electrons. The van der Waals surface area contributed by atoms with Crippen molar-refractivity contribution in [3.8, 4) is 0 Å². The highest BCUT2D eigenvalue weighted by atomic mass is 19.2. The van der Waals surface area contributed by atoms with E-state index in [1.165, 1.54) is 12.1 Å². The normalized spacial score (nSPS) is 14.5.